The molecule has 0 amide bonds. The third kappa shape index (κ3) is 3.60. The average molecular weight is 263 g/mol. The van der Waals surface area contributed by atoms with Crippen molar-refractivity contribution in [3.8, 4) is 5.88 Å². The summed E-state index contributed by atoms with van der Waals surface area (Å²) in [7, 11) is 1.67. The van der Waals surface area contributed by atoms with Crippen molar-refractivity contribution in [1.29, 1.82) is 0 Å². The first kappa shape index (κ1) is 14.1. The van der Waals surface area contributed by atoms with Gasteiger partial charge in [-0.2, -0.15) is 0 Å². The fourth-order valence-electron chi connectivity index (χ4n) is 2.85. The SMILES string of the molecule is CCNC(C)C1CCCN(c2ccnc(OC)c2)C1. The second-order valence-corrected chi connectivity index (χ2v) is 5.25. The average Bonchev–Trinajstić information content (AvgIpc) is 2.48. The molecule has 0 saturated carbocycles. The van der Waals surface area contributed by atoms with Crippen LogP contribution in [0, 0.1) is 5.92 Å². The van der Waals surface area contributed by atoms with Crippen LogP contribution in [0.3, 0.4) is 0 Å². The summed E-state index contributed by atoms with van der Waals surface area (Å²) in [5, 5.41) is 3.55. The lowest BCUT2D eigenvalue weighted by molar-refractivity contribution is 0.324. The van der Waals surface area contributed by atoms with Crippen molar-refractivity contribution < 1.29 is 4.74 Å². The zero-order valence-electron chi connectivity index (χ0n) is 12.2. The molecule has 2 heterocycles. The molecule has 1 aromatic heterocycles. The minimum atomic E-state index is 0.580. The Morgan fingerprint density at radius 1 is 1.58 bits per heavy atom. The van der Waals surface area contributed by atoms with Crippen LogP contribution in [-0.4, -0.2) is 37.8 Å². The largest absolute Gasteiger partial charge is 0.481 e. The standard InChI is InChI=1S/C15H25N3O/c1-4-16-12(2)13-6-5-9-18(11-13)14-7-8-17-15(10-14)19-3/h7-8,10,12-13,16H,4-6,9,11H2,1-3H3. The maximum Gasteiger partial charge on any atom is 0.214 e. The Kier molecular flexibility index (Phi) is 5.02. The number of ether oxygens (including phenoxy) is 1. The van der Waals surface area contributed by atoms with Gasteiger partial charge in [-0.05, 0) is 38.3 Å². The highest BCUT2D eigenvalue weighted by atomic mass is 16.5. The Balaban J connectivity index is 2.03. The fraction of sp³-hybridized carbons (Fsp3) is 0.667. The van der Waals surface area contributed by atoms with Gasteiger partial charge < -0.3 is 15.0 Å². The van der Waals surface area contributed by atoms with E-state index in [1.807, 2.05) is 12.3 Å². The zero-order valence-corrected chi connectivity index (χ0v) is 12.2. The smallest absolute Gasteiger partial charge is 0.214 e. The summed E-state index contributed by atoms with van der Waals surface area (Å²) in [6.45, 7) is 7.75. The molecule has 0 spiro atoms. The maximum atomic E-state index is 5.21. The molecule has 1 fully saturated rings. The van der Waals surface area contributed by atoms with E-state index in [-0.39, 0.29) is 0 Å². The van der Waals surface area contributed by atoms with Crippen molar-refractivity contribution in [2.45, 2.75) is 32.7 Å². The van der Waals surface area contributed by atoms with Crippen molar-refractivity contribution >= 4 is 5.69 Å². The quantitative estimate of drug-likeness (QED) is 0.884. The van der Waals surface area contributed by atoms with E-state index in [1.54, 1.807) is 7.11 Å². The molecule has 0 aliphatic carbocycles. The topological polar surface area (TPSA) is 37.4 Å². The highest BCUT2D eigenvalue weighted by molar-refractivity contribution is 5.48. The van der Waals surface area contributed by atoms with E-state index >= 15 is 0 Å². The summed E-state index contributed by atoms with van der Waals surface area (Å²) in [5.41, 5.74) is 1.22. The van der Waals surface area contributed by atoms with Gasteiger partial charge in [0.05, 0.1) is 7.11 Å². The molecule has 1 saturated heterocycles. The molecule has 1 aliphatic rings. The highest BCUT2D eigenvalue weighted by Gasteiger charge is 2.24. The number of piperidine rings is 1. The molecule has 19 heavy (non-hydrogen) atoms. The molecule has 4 nitrogen and oxygen atoms in total. The van der Waals surface area contributed by atoms with Crippen LogP contribution in [-0.2, 0) is 0 Å². The lowest BCUT2D eigenvalue weighted by Gasteiger charge is -2.37. The molecule has 2 unspecified atom stereocenters. The molecular weight excluding hydrogens is 238 g/mol. The van der Waals surface area contributed by atoms with Crippen molar-refractivity contribution in [2.24, 2.45) is 5.92 Å². The molecule has 1 aliphatic heterocycles. The van der Waals surface area contributed by atoms with E-state index in [4.69, 9.17) is 4.74 Å². The van der Waals surface area contributed by atoms with Gasteiger partial charge in [0.15, 0.2) is 0 Å². The Hall–Kier alpha value is -1.29. The lowest BCUT2D eigenvalue weighted by Crippen LogP contribution is -2.44. The van der Waals surface area contributed by atoms with Crippen LogP contribution in [0.25, 0.3) is 0 Å². The normalized spacial score (nSPS) is 21.2. The van der Waals surface area contributed by atoms with Crippen molar-refractivity contribution in [1.82, 2.24) is 10.3 Å². The summed E-state index contributed by atoms with van der Waals surface area (Å²) in [4.78, 5) is 6.63. The van der Waals surface area contributed by atoms with Crippen LogP contribution < -0.4 is 15.0 Å². The maximum absolute atomic E-state index is 5.21. The summed E-state index contributed by atoms with van der Waals surface area (Å²) in [6, 6.07) is 4.68. The third-order valence-electron chi connectivity index (χ3n) is 3.98. The second-order valence-electron chi connectivity index (χ2n) is 5.25. The first-order chi connectivity index (χ1) is 9.24. The highest BCUT2D eigenvalue weighted by Crippen LogP contribution is 2.26. The van der Waals surface area contributed by atoms with Crippen LogP contribution in [0.15, 0.2) is 18.3 Å². The Morgan fingerprint density at radius 2 is 2.42 bits per heavy atom. The molecule has 2 rings (SSSR count). The van der Waals surface area contributed by atoms with Crippen LogP contribution in [0.5, 0.6) is 5.88 Å². The summed E-state index contributed by atoms with van der Waals surface area (Å²) in [5.74, 6) is 1.41. The number of anilines is 1. The van der Waals surface area contributed by atoms with E-state index in [9.17, 15) is 0 Å². The van der Waals surface area contributed by atoms with E-state index in [1.165, 1.54) is 18.5 Å². The number of aromatic nitrogens is 1. The summed E-state index contributed by atoms with van der Waals surface area (Å²) in [6.07, 6.45) is 4.39. The molecule has 1 aromatic rings. The van der Waals surface area contributed by atoms with Gasteiger partial charge in [0.1, 0.15) is 0 Å². The molecule has 0 radical (unpaired) electrons. The van der Waals surface area contributed by atoms with Gasteiger partial charge in [0, 0.05) is 37.1 Å². The third-order valence-corrected chi connectivity index (χ3v) is 3.98. The van der Waals surface area contributed by atoms with Gasteiger partial charge in [-0.1, -0.05) is 6.92 Å². The number of rotatable bonds is 5. The molecule has 0 bridgehead atoms. The van der Waals surface area contributed by atoms with Crippen molar-refractivity contribution in [3.63, 3.8) is 0 Å². The number of hydrogen-bond acceptors (Lipinski definition) is 4. The first-order valence-corrected chi connectivity index (χ1v) is 7.23. The zero-order chi connectivity index (χ0) is 13.7. The van der Waals surface area contributed by atoms with Crippen LogP contribution in [0.1, 0.15) is 26.7 Å². The van der Waals surface area contributed by atoms with Gasteiger partial charge in [-0.3, -0.25) is 0 Å². The minimum Gasteiger partial charge on any atom is -0.481 e. The molecule has 4 heteroatoms. The Labute approximate surface area is 116 Å². The number of hydrogen-bond donors (Lipinski definition) is 1. The number of methoxy groups -OCH3 is 1. The van der Waals surface area contributed by atoms with Gasteiger partial charge in [0.25, 0.3) is 0 Å². The predicted octanol–water partition coefficient (Wildman–Crippen LogP) is 2.30. The van der Waals surface area contributed by atoms with E-state index in [0.717, 1.165) is 19.6 Å². The lowest BCUT2D eigenvalue weighted by atomic mass is 9.91. The summed E-state index contributed by atoms with van der Waals surface area (Å²) >= 11 is 0. The number of pyridine rings is 1. The second kappa shape index (κ2) is 6.75. The first-order valence-electron chi connectivity index (χ1n) is 7.23. The van der Waals surface area contributed by atoms with Crippen LogP contribution in [0.4, 0.5) is 5.69 Å². The van der Waals surface area contributed by atoms with E-state index < -0.39 is 0 Å². The monoisotopic (exact) mass is 263 g/mol. The number of nitrogens with one attached hydrogen (secondary N) is 1. The van der Waals surface area contributed by atoms with Crippen LogP contribution in [0.2, 0.25) is 0 Å². The molecular formula is C15H25N3O. The fourth-order valence-corrected chi connectivity index (χ4v) is 2.85. The molecule has 0 aromatic carbocycles. The van der Waals surface area contributed by atoms with Gasteiger partial charge in [-0.15, -0.1) is 0 Å². The van der Waals surface area contributed by atoms with Crippen LogP contribution >= 0.6 is 0 Å². The van der Waals surface area contributed by atoms with Gasteiger partial charge in [0.2, 0.25) is 5.88 Å². The molecule has 2 atom stereocenters. The van der Waals surface area contributed by atoms with E-state index in [0.29, 0.717) is 17.8 Å². The molecule has 106 valence electrons. The number of nitrogens with zero attached hydrogens (tertiary/aromatic N) is 2. The molecule has 1 N–H and O–H groups in total. The Morgan fingerprint density at radius 3 is 3.16 bits per heavy atom. The predicted molar refractivity (Wildman–Crippen MR) is 78.9 cm³/mol. The summed E-state index contributed by atoms with van der Waals surface area (Å²) < 4.78 is 5.21. The Bertz CT molecular complexity index is 397. The van der Waals surface area contributed by atoms with Gasteiger partial charge in [-0.25, -0.2) is 4.98 Å². The van der Waals surface area contributed by atoms with E-state index in [2.05, 4.69) is 35.1 Å². The van der Waals surface area contributed by atoms with Gasteiger partial charge >= 0.3 is 0 Å². The minimum absolute atomic E-state index is 0.580. The van der Waals surface area contributed by atoms with Crippen molar-refractivity contribution in [2.75, 3.05) is 31.6 Å². The van der Waals surface area contributed by atoms with Crippen molar-refractivity contribution in [3.05, 3.63) is 18.3 Å².